The quantitative estimate of drug-likeness (QED) is 0.578. The van der Waals surface area contributed by atoms with E-state index in [4.69, 9.17) is 0 Å². The zero-order valence-electron chi connectivity index (χ0n) is 16.8. The summed E-state index contributed by atoms with van der Waals surface area (Å²) in [6.07, 6.45) is 1.72. The van der Waals surface area contributed by atoms with Gasteiger partial charge in [-0.1, -0.05) is 12.1 Å². The molecule has 0 saturated carbocycles. The second-order valence-corrected chi connectivity index (χ2v) is 7.41. The average molecular weight is 390 g/mol. The van der Waals surface area contributed by atoms with E-state index in [9.17, 15) is 9.59 Å². The smallest absolute Gasteiger partial charge is 0.258 e. The third-order valence-electron chi connectivity index (χ3n) is 4.87. The Hall–Kier alpha value is -3.55. The van der Waals surface area contributed by atoms with Crippen molar-refractivity contribution < 1.29 is 4.79 Å². The number of carbonyl (C=O) groups excluding carboxylic acids is 1. The van der Waals surface area contributed by atoms with Gasteiger partial charge in [0.15, 0.2) is 5.65 Å². The van der Waals surface area contributed by atoms with Crippen LogP contribution in [0.2, 0.25) is 0 Å². The number of aromatic nitrogens is 5. The number of nitrogens with one attached hydrogen (secondary N) is 1. The fourth-order valence-electron chi connectivity index (χ4n) is 3.37. The summed E-state index contributed by atoms with van der Waals surface area (Å²) in [5.41, 5.74) is 2.29. The molecular weight excluding hydrogens is 368 g/mol. The number of aromatic amines is 1. The van der Waals surface area contributed by atoms with Gasteiger partial charge in [0, 0.05) is 18.5 Å². The number of nitrogens with zero attached hydrogens (tertiary/aromatic N) is 5. The van der Waals surface area contributed by atoms with Crippen LogP contribution in [0.25, 0.3) is 21.9 Å². The molecule has 0 radical (unpaired) electrons. The second-order valence-electron chi connectivity index (χ2n) is 7.41. The van der Waals surface area contributed by atoms with Crippen molar-refractivity contribution in [1.82, 2.24) is 29.6 Å². The zero-order valence-corrected chi connectivity index (χ0v) is 16.8. The number of carbonyl (C=O) groups is 1. The van der Waals surface area contributed by atoms with Crippen LogP contribution in [0.15, 0.2) is 41.3 Å². The Morgan fingerprint density at radius 3 is 2.76 bits per heavy atom. The minimum atomic E-state index is -0.216. The lowest BCUT2D eigenvalue weighted by Gasteiger charge is -2.18. The lowest BCUT2D eigenvalue weighted by molar-refractivity contribution is 0.0780. The normalized spacial score (nSPS) is 11.5. The van der Waals surface area contributed by atoms with E-state index >= 15 is 0 Å². The van der Waals surface area contributed by atoms with Crippen molar-refractivity contribution in [2.75, 3.05) is 7.05 Å². The van der Waals surface area contributed by atoms with E-state index in [-0.39, 0.29) is 24.1 Å². The molecule has 0 aliphatic carbocycles. The van der Waals surface area contributed by atoms with Gasteiger partial charge in [-0.05, 0) is 39.0 Å². The molecule has 29 heavy (non-hydrogen) atoms. The molecule has 1 N–H and O–H groups in total. The highest BCUT2D eigenvalue weighted by Crippen LogP contribution is 2.20. The minimum absolute atomic E-state index is 0.180. The fourth-order valence-corrected chi connectivity index (χ4v) is 3.37. The number of H-pyrrole nitrogens is 1. The number of para-hydroxylation sites is 1. The van der Waals surface area contributed by atoms with Crippen LogP contribution >= 0.6 is 0 Å². The van der Waals surface area contributed by atoms with Gasteiger partial charge in [0.2, 0.25) is 0 Å². The van der Waals surface area contributed by atoms with E-state index in [1.165, 1.54) is 4.90 Å². The molecule has 1 amide bonds. The van der Waals surface area contributed by atoms with Crippen LogP contribution < -0.4 is 5.56 Å². The van der Waals surface area contributed by atoms with Crippen LogP contribution in [0.4, 0.5) is 0 Å². The molecule has 3 aromatic heterocycles. The molecule has 0 aliphatic rings. The van der Waals surface area contributed by atoms with Crippen molar-refractivity contribution in [3.05, 3.63) is 64.0 Å². The number of benzene rings is 1. The van der Waals surface area contributed by atoms with Crippen LogP contribution in [0.5, 0.6) is 0 Å². The molecule has 3 heterocycles. The Labute approximate surface area is 167 Å². The monoisotopic (exact) mass is 390 g/mol. The number of pyridine rings is 1. The van der Waals surface area contributed by atoms with Crippen molar-refractivity contribution in [3.8, 4) is 0 Å². The highest BCUT2D eigenvalue weighted by molar-refractivity contribution is 5.98. The third kappa shape index (κ3) is 3.37. The molecule has 4 aromatic rings. The predicted octanol–water partition coefficient (Wildman–Crippen LogP) is 2.83. The Morgan fingerprint density at radius 2 is 2.00 bits per heavy atom. The first kappa shape index (κ1) is 18.8. The molecule has 0 spiro atoms. The first-order chi connectivity index (χ1) is 13.8. The molecule has 0 unspecified atom stereocenters. The molecule has 0 saturated heterocycles. The zero-order chi connectivity index (χ0) is 20.7. The maximum absolute atomic E-state index is 13.0. The third-order valence-corrected chi connectivity index (χ3v) is 4.87. The van der Waals surface area contributed by atoms with Crippen molar-refractivity contribution in [2.24, 2.45) is 0 Å². The van der Waals surface area contributed by atoms with E-state index < -0.39 is 0 Å². The SMILES string of the molecule is Cc1nc2c(cnn2C(C)C)cc1C(=O)N(C)Cc1nc2ccccc2c(=O)[nH]1. The highest BCUT2D eigenvalue weighted by atomic mass is 16.2. The van der Waals surface area contributed by atoms with Crippen LogP contribution in [-0.4, -0.2) is 42.6 Å². The summed E-state index contributed by atoms with van der Waals surface area (Å²) in [7, 11) is 1.68. The van der Waals surface area contributed by atoms with Crippen molar-refractivity contribution in [1.29, 1.82) is 0 Å². The summed E-state index contributed by atoms with van der Waals surface area (Å²) in [4.78, 5) is 38.7. The van der Waals surface area contributed by atoms with E-state index in [1.807, 2.05) is 37.6 Å². The van der Waals surface area contributed by atoms with Gasteiger partial charge in [0.1, 0.15) is 5.82 Å². The second kappa shape index (κ2) is 7.12. The molecule has 4 rings (SSSR count). The van der Waals surface area contributed by atoms with Crippen molar-refractivity contribution >= 4 is 27.8 Å². The lowest BCUT2D eigenvalue weighted by Crippen LogP contribution is -2.29. The first-order valence-corrected chi connectivity index (χ1v) is 9.43. The van der Waals surface area contributed by atoms with Gasteiger partial charge >= 0.3 is 0 Å². The Kier molecular flexibility index (Phi) is 4.62. The van der Waals surface area contributed by atoms with Crippen molar-refractivity contribution in [2.45, 2.75) is 33.4 Å². The summed E-state index contributed by atoms with van der Waals surface area (Å²) in [6.45, 7) is 6.07. The molecule has 0 bridgehead atoms. The summed E-state index contributed by atoms with van der Waals surface area (Å²) in [5, 5.41) is 5.71. The van der Waals surface area contributed by atoms with E-state index in [2.05, 4.69) is 20.1 Å². The Bertz CT molecular complexity index is 1290. The number of rotatable bonds is 4. The maximum atomic E-state index is 13.0. The summed E-state index contributed by atoms with van der Waals surface area (Å²) < 4.78 is 1.84. The van der Waals surface area contributed by atoms with Gasteiger partial charge in [-0.2, -0.15) is 5.10 Å². The first-order valence-electron chi connectivity index (χ1n) is 9.43. The molecule has 0 aliphatic heterocycles. The summed E-state index contributed by atoms with van der Waals surface area (Å²) in [6, 6.07) is 9.13. The van der Waals surface area contributed by atoms with Crippen molar-refractivity contribution in [3.63, 3.8) is 0 Å². The molecular formula is C21H22N6O2. The number of fused-ring (bicyclic) bond motifs is 2. The molecule has 8 heteroatoms. The predicted molar refractivity (Wildman–Crippen MR) is 111 cm³/mol. The van der Waals surface area contributed by atoms with E-state index in [0.29, 0.717) is 28.0 Å². The van der Waals surface area contributed by atoms with Gasteiger partial charge in [0.25, 0.3) is 11.5 Å². The molecule has 1 aromatic carbocycles. The molecule has 0 fully saturated rings. The van der Waals surface area contributed by atoms with Crippen LogP contribution in [0.3, 0.4) is 0 Å². The van der Waals surface area contributed by atoms with Gasteiger partial charge in [-0.3, -0.25) is 9.59 Å². The Balaban J connectivity index is 1.64. The average Bonchev–Trinajstić information content (AvgIpc) is 3.09. The number of amides is 1. The molecule has 148 valence electrons. The van der Waals surface area contributed by atoms with Gasteiger partial charge in [-0.25, -0.2) is 14.6 Å². The maximum Gasteiger partial charge on any atom is 0.258 e. The minimum Gasteiger partial charge on any atom is -0.334 e. The topological polar surface area (TPSA) is 96.8 Å². The summed E-state index contributed by atoms with van der Waals surface area (Å²) >= 11 is 0. The highest BCUT2D eigenvalue weighted by Gasteiger charge is 2.19. The number of hydrogen-bond donors (Lipinski definition) is 1. The van der Waals surface area contributed by atoms with Gasteiger partial charge in [0.05, 0.1) is 34.9 Å². The van der Waals surface area contributed by atoms with Crippen LogP contribution in [-0.2, 0) is 6.54 Å². The Morgan fingerprint density at radius 1 is 1.24 bits per heavy atom. The molecule has 8 nitrogen and oxygen atoms in total. The fraction of sp³-hybridized carbons (Fsp3) is 0.286. The van der Waals surface area contributed by atoms with Gasteiger partial charge < -0.3 is 9.88 Å². The van der Waals surface area contributed by atoms with Crippen LogP contribution in [0.1, 0.15) is 41.8 Å². The number of aryl methyl sites for hydroxylation is 1. The van der Waals surface area contributed by atoms with Crippen LogP contribution in [0, 0.1) is 6.92 Å². The lowest BCUT2D eigenvalue weighted by atomic mass is 10.1. The summed E-state index contributed by atoms with van der Waals surface area (Å²) in [5.74, 6) is 0.244. The molecule has 0 atom stereocenters. The largest absolute Gasteiger partial charge is 0.334 e. The van der Waals surface area contributed by atoms with Gasteiger partial charge in [-0.15, -0.1) is 0 Å². The van der Waals surface area contributed by atoms with E-state index in [0.717, 1.165) is 11.0 Å². The van der Waals surface area contributed by atoms with E-state index in [1.54, 1.807) is 31.4 Å². The standard InChI is InChI=1S/C21H22N6O2/c1-12(2)27-19-14(10-22-27)9-16(13(3)23-19)21(29)26(4)11-18-24-17-8-6-5-7-15(17)20(28)25-18/h5-10,12H,11H2,1-4H3,(H,24,25,28). The number of hydrogen-bond acceptors (Lipinski definition) is 5.